The number of hydrogen-bond acceptors (Lipinski definition) is 4. The number of nitrogens with one attached hydrogen (secondary N) is 1. The Balaban J connectivity index is 1.33. The van der Waals surface area contributed by atoms with Crippen LogP contribution in [0.4, 0.5) is 13.2 Å². The van der Waals surface area contributed by atoms with Crippen molar-refractivity contribution in [2.45, 2.75) is 37.8 Å². The molecule has 3 aliphatic rings. The molecule has 2 bridgehead atoms. The molecule has 3 saturated heterocycles. The molecule has 6 nitrogen and oxygen atoms in total. The van der Waals surface area contributed by atoms with Crippen LogP contribution in [0.2, 0.25) is 0 Å². The minimum absolute atomic E-state index is 0.0361. The van der Waals surface area contributed by atoms with Gasteiger partial charge in [0.1, 0.15) is 0 Å². The van der Waals surface area contributed by atoms with Crippen LogP contribution in [-0.2, 0) is 11.3 Å². The third-order valence-electron chi connectivity index (χ3n) is 5.60. The predicted octanol–water partition coefficient (Wildman–Crippen LogP) is 2.21. The van der Waals surface area contributed by atoms with Gasteiger partial charge < -0.3 is 19.7 Å². The first-order chi connectivity index (χ1) is 12.9. The van der Waals surface area contributed by atoms with E-state index in [1.165, 1.54) is 12.3 Å². The van der Waals surface area contributed by atoms with Crippen LogP contribution >= 0.6 is 0 Å². The molecule has 0 amide bonds. The van der Waals surface area contributed by atoms with Gasteiger partial charge in [-0.1, -0.05) is 0 Å². The highest BCUT2D eigenvalue weighted by molar-refractivity contribution is 5.80. The number of hydrogen-bond donors (Lipinski definition) is 1. The zero-order valence-electron chi connectivity index (χ0n) is 15.1. The number of halogens is 3. The fourth-order valence-electron chi connectivity index (χ4n) is 4.44. The van der Waals surface area contributed by atoms with E-state index in [9.17, 15) is 13.2 Å². The van der Waals surface area contributed by atoms with Gasteiger partial charge in [-0.05, 0) is 24.5 Å². The zero-order chi connectivity index (χ0) is 19.0. The molecule has 27 heavy (non-hydrogen) atoms. The second-order valence-electron chi connectivity index (χ2n) is 7.33. The average Bonchev–Trinajstić information content (AvgIpc) is 3.33. The second-order valence-corrected chi connectivity index (χ2v) is 7.33. The molecule has 1 N–H and O–H groups in total. The number of fused-ring (bicyclic) bond motifs is 5. The number of alkyl halides is 3. The monoisotopic (exact) mass is 384 g/mol. The van der Waals surface area contributed by atoms with Crippen molar-refractivity contribution in [1.29, 1.82) is 0 Å². The van der Waals surface area contributed by atoms with Crippen molar-refractivity contribution in [2.75, 3.05) is 26.7 Å². The second kappa shape index (κ2) is 7.18. The number of pyridine rings is 1. The maximum atomic E-state index is 12.3. The lowest BCUT2D eigenvalue weighted by molar-refractivity contribution is -0.154. The van der Waals surface area contributed by atoms with Gasteiger partial charge in [0.2, 0.25) is 5.88 Å². The van der Waals surface area contributed by atoms with Gasteiger partial charge in [0, 0.05) is 50.8 Å². The number of ether oxygens (including phenoxy) is 2. The molecule has 148 valence electrons. The Labute approximate surface area is 155 Å². The Morgan fingerprint density at radius 1 is 1.33 bits per heavy atom. The van der Waals surface area contributed by atoms with E-state index in [1.54, 1.807) is 13.1 Å². The summed E-state index contributed by atoms with van der Waals surface area (Å²) < 4.78 is 47.5. The van der Waals surface area contributed by atoms with Crippen LogP contribution in [0.3, 0.4) is 0 Å². The van der Waals surface area contributed by atoms with E-state index in [4.69, 9.17) is 9.47 Å². The van der Waals surface area contributed by atoms with Gasteiger partial charge in [-0.25, -0.2) is 4.98 Å². The summed E-state index contributed by atoms with van der Waals surface area (Å²) in [7, 11) is 1.74. The van der Waals surface area contributed by atoms with Crippen LogP contribution in [0.1, 0.15) is 18.4 Å². The lowest BCUT2D eigenvalue weighted by Crippen LogP contribution is -2.41. The van der Waals surface area contributed by atoms with Crippen molar-refractivity contribution in [3.63, 3.8) is 0 Å². The Bertz CT molecular complexity index is 694. The molecule has 3 fully saturated rings. The third kappa shape index (κ3) is 3.97. The summed E-state index contributed by atoms with van der Waals surface area (Å²) in [5.41, 5.74) is 0.783. The number of aromatic nitrogens is 1. The molecule has 0 aromatic carbocycles. The minimum Gasteiger partial charge on any atom is -0.468 e. The molecule has 4 heterocycles. The number of likely N-dealkylation sites (tertiary alicyclic amines) is 1. The van der Waals surface area contributed by atoms with E-state index >= 15 is 0 Å². The fourth-order valence-corrected chi connectivity index (χ4v) is 4.44. The molecule has 0 aliphatic carbocycles. The standard InChI is InChI=1S/C18H23F3N4O2/c1-22-17(25-8-12-13(9-25)15-3-2-14(12)27-15)24-7-11-4-5-23-16(6-11)26-10-18(19,20)21/h4-6,12-15H,2-3,7-10H2,1H3,(H,22,24). The summed E-state index contributed by atoms with van der Waals surface area (Å²) in [6.07, 6.45) is 0.149. The summed E-state index contributed by atoms with van der Waals surface area (Å²) in [4.78, 5) is 10.4. The molecule has 4 atom stereocenters. The van der Waals surface area contributed by atoms with Crippen LogP contribution in [0, 0.1) is 11.8 Å². The molecule has 0 radical (unpaired) electrons. The fraction of sp³-hybridized carbons (Fsp3) is 0.667. The van der Waals surface area contributed by atoms with Crippen molar-refractivity contribution < 1.29 is 22.6 Å². The summed E-state index contributed by atoms with van der Waals surface area (Å²) in [5.74, 6) is 1.92. The van der Waals surface area contributed by atoms with Crippen molar-refractivity contribution in [3.05, 3.63) is 23.9 Å². The first-order valence-electron chi connectivity index (χ1n) is 9.18. The van der Waals surface area contributed by atoms with Crippen LogP contribution in [0.25, 0.3) is 0 Å². The number of rotatable bonds is 4. The van der Waals surface area contributed by atoms with E-state index in [1.807, 2.05) is 0 Å². The van der Waals surface area contributed by atoms with Gasteiger partial charge >= 0.3 is 6.18 Å². The maximum absolute atomic E-state index is 12.3. The number of nitrogens with zero attached hydrogens (tertiary/aromatic N) is 3. The average molecular weight is 384 g/mol. The number of guanidine groups is 1. The van der Waals surface area contributed by atoms with Gasteiger partial charge in [0.25, 0.3) is 0 Å². The Morgan fingerprint density at radius 3 is 2.67 bits per heavy atom. The zero-order valence-corrected chi connectivity index (χ0v) is 15.1. The molecule has 0 spiro atoms. The molecule has 3 aliphatic heterocycles. The molecule has 0 saturated carbocycles. The van der Waals surface area contributed by atoms with Crippen LogP contribution in [-0.4, -0.2) is 61.0 Å². The van der Waals surface area contributed by atoms with Crippen molar-refractivity contribution in [1.82, 2.24) is 15.2 Å². The lowest BCUT2D eigenvalue weighted by Gasteiger charge is -2.23. The molecule has 1 aromatic heterocycles. The summed E-state index contributed by atoms with van der Waals surface area (Å²) in [6.45, 7) is 0.954. The van der Waals surface area contributed by atoms with Gasteiger partial charge in [0.15, 0.2) is 12.6 Å². The highest BCUT2D eigenvalue weighted by Crippen LogP contribution is 2.47. The summed E-state index contributed by atoms with van der Waals surface area (Å²) in [5, 5.41) is 3.30. The Kier molecular flexibility index (Phi) is 4.88. The summed E-state index contributed by atoms with van der Waals surface area (Å²) in [6, 6.07) is 3.26. The SMILES string of the molecule is CN=C(NCc1ccnc(OCC(F)(F)F)c1)N1CC2C3CCC(O3)C2C1. The van der Waals surface area contributed by atoms with E-state index in [-0.39, 0.29) is 5.88 Å². The largest absolute Gasteiger partial charge is 0.468 e. The lowest BCUT2D eigenvalue weighted by atomic mass is 9.82. The van der Waals surface area contributed by atoms with Crippen LogP contribution in [0.5, 0.6) is 5.88 Å². The summed E-state index contributed by atoms with van der Waals surface area (Å²) >= 11 is 0. The maximum Gasteiger partial charge on any atom is 0.422 e. The van der Waals surface area contributed by atoms with Crippen molar-refractivity contribution >= 4 is 5.96 Å². The van der Waals surface area contributed by atoms with Crippen molar-refractivity contribution in [3.8, 4) is 5.88 Å². The van der Waals surface area contributed by atoms with Crippen LogP contribution in [0.15, 0.2) is 23.3 Å². The highest BCUT2D eigenvalue weighted by atomic mass is 19.4. The molecular formula is C18H23F3N4O2. The normalized spacial score (nSPS) is 29.9. The van der Waals surface area contributed by atoms with Crippen molar-refractivity contribution in [2.24, 2.45) is 16.8 Å². The van der Waals surface area contributed by atoms with E-state index < -0.39 is 12.8 Å². The van der Waals surface area contributed by atoms with E-state index in [2.05, 4.69) is 20.2 Å². The minimum atomic E-state index is -4.38. The highest BCUT2D eigenvalue weighted by Gasteiger charge is 2.53. The van der Waals surface area contributed by atoms with Gasteiger partial charge in [-0.3, -0.25) is 4.99 Å². The molecule has 9 heteroatoms. The van der Waals surface area contributed by atoms with Gasteiger partial charge in [-0.15, -0.1) is 0 Å². The molecule has 4 rings (SSSR count). The number of aliphatic imine (C=N–C) groups is 1. The van der Waals surface area contributed by atoms with Gasteiger partial charge in [0.05, 0.1) is 12.2 Å². The Hall–Kier alpha value is -2.03. The first kappa shape index (κ1) is 18.3. The predicted molar refractivity (Wildman–Crippen MR) is 92.4 cm³/mol. The topological polar surface area (TPSA) is 59.0 Å². The molecule has 1 aromatic rings. The first-order valence-corrected chi connectivity index (χ1v) is 9.18. The van der Waals surface area contributed by atoms with Crippen LogP contribution < -0.4 is 10.1 Å². The molecular weight excluding hydrogens is 361 g/mol. The molecule has 4 unspecified atom stereocenters. The van der Waals surface area contributed by atoms with E-state index in [0.29, 0.717) is 30.6 Å². The quantitative estimate of drug-likeness (QED) is 0.637. The van der Waals surface area contributed by atoms with Gasteiger partial charge in [-0.2, -0.15) is 13.2 Å². The smallest absolute Gasteiger partial charge is 0.422 e. The third-order valence-corrected chi connectivity index (χ3v) is 5.60. The van der Waals surface area contributed by atoms with E-state index in [0.717, 1.165) is 37.5 Å². The Morgan fingerprint density at radius 2 is 2.04 bits per heavy atom.